The number of pyridine rings is 1. The largest absolute Gasteiger partial charge is 0.295 e. The van der Waals surface area contributed by atoms with Crippen molar-refractivity contribution < 1.29 is 0 Å². The van der Waals surface area contributed by atoms with Crippen molar-refractivity contribution in [3.05, 3.63) is 169 Å². The predicted octanol–water partition coefficient (Wildman–Crippen LogP) is 11.7. The molecule has 0 radical (unpaired) electrons. The van der Waals surface area contributed by atoms with Crippen LogP contribution in [0.2, 0.25) is 0 Å². The number of fused-ring (bicyclic) bond motifs is 3. The summed E-state index contributed by atoms with van der Waals surface area (Å²) in [5.41, 5.74) is 8.25. The van der Waals surface area contributed by atoms with Crippen LogP contribution in [0.5, 0.6) is 0 Å². The third-order valence-electron chi connectivity index (χ3n) is 8.52. The van der Waals surface area contributed by atoms with Crippen LogP contribution in [0, 0.1) is 6.92 Å². The molecule has 0 aliphatic carbocycles. The molecule has 0 saturated heterocycles. The topological polar surface area (TPSA) is 16.1 Å². The molecule has 2 heteroatoms. The van der Waals surface area contributed by atoms with Gasteiger partial charge in [-0.3, -0.25) is 4.90 Å². The van der Waals surface area contributed by atoms with Gasteiger partial charge in [-0.05, 0) is 103 Å². The van der Waals surface area contributed by atoms with E-state index in [2.05, 4.69) is 163 Å². The van der Waals surface area contributed by atoms with E-state index in [1.807, 2.05) is 12.3 Å². The SMILES string of the molecule is Cc1ccc(N(c2ccccc2)c2ccc(-c3c4ccccc4c(-c4ccc5ccccc5c4)c4ccccc34)cc2)nc1. The third kappa shape index (κ3) is 4.49. The number of hydrogen-bond donors (Lipinski definition) is 0. The molecule has 0 aliphatic heterocycles. The number of benzene rings is 7. The predicted molar refractivity (Wildman–Crippen MR) is 187 cm³/mol. The minimum Gasteiger partial charge on any atom is -0.295 e. The molecule has 0 spiro atoms. The summed E-state index contributed by atoms with van der Waals surface area (Å²) in [5.74, 6) is 0.894. The summed E-state index contributed by atoms with van der Waals surface area (Å²) in [7, 11) is 0. The van der Waals surface area contributed by atoms with Crippen molar-refractivity contribution in [1.29, 1.82) is 0 Å². The Bertz CT molecular complexity index is 2210. The monoisotopic (exact) mass is 562 g/mol. The molecule has 0 saturated carbocycles. The van der Waals surface area contributed by atoms with Crippen LogP contribution in [0.15, 0.2) is 164 Å². The number of anilines is 3. The van der Waals surface area contributed by atoms with Gasteiger partial charge in [0.2, 0.25) is 0 Å². The Balaban J connectivity index is 1.32. The van der Waals surface area contributed by atoms with Gasteiger partial charge in [0.1, 0.15) is 5.82 Å². The summed E-state index contributed by atoms with van der Waals surface area (Å²) in [5, 5.41) is 7.53. The summed E-state index contributed by atoms with van der Waals surface area (Å²) in [6.07, 6.45) is 1.93. The average molecular weight is 563 g/mol. The average Bonchev–Trinajstić information content (AvgIpc) is 3.09. The lowest BCUT2D eigenvalue weighted by Gasteiger charge is -2.25. The lowest BCUT2D eigenvalue weighted by atomic mass is 9.85. The first-order valence-corrected chi connectivity index (χ1v) is 15.1. The van der Waals surface area contributed by atoms with Gasteiger partial charge in [0, 0.05) is 17.6 Å². The highest BCUT2D eigenvalue weighted by atomic mass is 15.2. The molecule has 0 bridgehead atoms. The van der Waals surface area contributed by atoms with Gasteiger partial charge < -0.3 is 0 Å². The normalized spacial score (nSPS) is 11.3. The number of aryl methyl sites for hydroxylation is 1. The Kier molecular flexibility index (Phi) is 6.39. The second-order valence-corrected chi connectivity index (χ2v) is 11.3. The standard InChI is InChI=1S/C42H30N2/c1-29-19-26-40(43-28-29)44(34-13-3-2-4-14-34)35-24-22-31(23-25-35)41-36-15-7-9-17-38(36)42(39-18-10-8-16-37(39)41)33-21-20-30-11-5-6-12-32(30)27-33/h2-28H,1H3. The van der Waals surface area contributed by atoms with Crippen LogP contribution < -0.4 is 4.90 Å². The first-order chi connectivity index (χ1) is 21.7. The Morgan fingerprint density at radius 1 is 0.432 bits per heavy atom. The lowest BCUT2D eigenvalue weighted by molar-refractivity contribution is 1.16. The van der Waals surface area contributed by atoms with Gasteiger partial charge >= 0.3 is 0 Å². The number of hydrogen-bond acceptors (Lipinski definition) is 2. The molecule has 0 amide bonds. The molecule has 0 N–H and O–H groups in total. The van der Waals surface area contributed by atoms with Crippen LogP contribution in [0.4, 0.5) is 17.2 Å². The third-order valence-corrected chi connectivity index (χ3v) is 8.52. The molecule has 44 heavy (non-hydrogen) atoms. The minimum atomic E-state index is 0.894. The fourth-order valence-corrected chi connectivity index (χ4v) is 6.46. The molecule has 8 rings (SSSR count). The Morgan fingerprint density at radius 2 is 0.955 bits per heavy atom. The van der Waals surface area contributed by atoms with Gasteiger partial charge in [-0.15, -0.1) is 0 Å². The Labute approximate surface area is 257 Å². The maximum atomic E-state index is 4.78. The molecule has 1 aromatic heterocycles. The first-order valence-electron chi connectivity index (χ1n) is 15.1. The summed E-state index contributed by atoms with van der Waals surface area (Å²) in [6.45, 7) is 2.07. The maximum Gasteiger partial charge on any atom is 0.137 e. The fourth-order valence-electron chi connectivity index (χ4n) is 6.46. The van der Waals surface area contributed by atoms with Crippen LogP contribution in [-0.4, -0.2) is 4.98 Å². The summed E-state index contributed by atoms with van der Waals surface area (Å²) >= 11 is 0. The van der Waals surface area contributed by atoms with Crippen LogP contribution in [-0.2, 0) is 0 Å². The molecule has 0 fully saturated rings. The number of rotatable bonds is 5. The van der Waals surface area contributed by atoms with Gasteiger partial charge in [-0.1, -0.05) is 121 Å². The van der Waals surface area contributed by atoms with E-state index in [-0.39, 0.29) is 0 Å². The molecular formula is C42H30N2. The van der Waals surface area contributed by atoms with Gasteiger partial charge in [-0.25, -0.2) is 4.98 Å². The van der Waals surface area contributed by atoms with E-state index in [1.165, 1.54) is 54.6 Å². The molecule has 2 nitrogen and oxygen atoms in total. The first kappa shape index (κ1) is 25.9. The molecule has 0 aliphatic rings. The lowest BCUT2D eigenvalue weighted by Crippen LogP contribution is -2.11. The van der Waals surface area contributed by atoms with Crippen molar-refractivity contribution in [3.8, 4) is 22.3 Å². The van der Waals surface area contributed by atoms with E-state index in [4.69, 9.17) is 4.98 Å². The van der Waals surface area contributed by atoms with Gasteiger partial charge in [0.05, 0.1) is 0 Å². The molecule has 0 unspecified atom stereocenters. The van der Waals surface area contributed by atoms with E-state index in [9.17, 15) is 0 Å². The van der Waals surface area contributed by atoms with Crippen LogP contribution in [0.25, 0.3) is 54.6 Å². The molecule has 0 atom stereocenters. The summed E-state index contributed by atoms with van der Waals surface area (Å²) in [4.78, 5) is 6.99. The zero-order valence-electron chi connectivity index (χ0n) is 24.5. The molecule has 1 heterocycles. The quantitative estimate of drug-likeness (QED) is 0.194. The van der Waals surface area contributed by atoms with Crippen molar-refractivity contribution >= 4 is 49.5 Å². The Morgan fingerprint density at radius 3 is 1.57 bits per heavy atom. The van der Waals surface area contributed by atoms with Crippen molar-refractivity contribution in [1.82, 2.24) is 4.98 Å². The Hall–Kier alpha value is -5.73. The fraction of sp³-hybridized carbons (Fsp3) is 0.0238. The zero-order valence-corrected chi connectivity index (χ0v) is 24.5. The maximum absolute atomic E-state index is 4.78. The highest BCUT2D eigenvalue weighted by Crippen LogP contribution is 2.44. The number of nitrogens with zero attached hydrogens (tertiary/aromatic N) is 2. The molecule has 7 aromatic carbocycles. The second kappa shape index (κ2) is 10.8. The van der Waals surface area contributed by atoms with Crippen molar-refractivity contribution in [2.24, 2.45) is 0 Å². The second-order valence-electron chi connectivity index (χ2n) is 11.3. The van der Waals surface area contributed by atoms with E-state index in [0.717, 1.165) is 22.8 Å². The smallest absolute Gasteiger partial charge is 0.137 e. The van der Waals surface area contributed by atoms with Crippen LogP contribution >= 0.6 is 0 Å². The van der Waals surface area contributed by atoms with E-state index in [1.54, 1.807) is 0 Å². The van der Waals surface area contributed by atoms with Crippen LogP contribution in [0.1, 0.15) is 5.56 Å². The number of para-hydroxylation sites is 1. The van der Waals surface area contributed by atoms with E-state index in [0.29, 0.717) is 0 Å². The van der Waals surface area contributed by atoms with Crippen LogP contribution in [0.3, 0.4) is 0 Å². The van der Waals surface area contributed by atoms with E-state index < -0.39 is 0 Å². The zero-order chi connectivity index (χ0) is 29.5. The molecule has 8 aromatic rings. The van der Waals surface area contributed by atoms with Gasteiger partial charge in [0.15, 0.2) is 0 Å². The van der Waals surface area contributed by atoms with Crippen molar-refractivity contribution in [2.75, 3.05) is 4.90 Å². The summed E-state index contributed by atoms with van der Waals surface area (Å²) < 4.78 is 0. The van der Waals surface area contributed by atoms with Crippen molar-refractivity contribution in [2.45, 2.75) is 6.92 Å². The van der Waals surface area contributed by atoms with Gasteiger partial charge in [-0.2, -0.15) is 0 Å². The van der Waals surface area contributed by atoms with Crippen molar-refractivity contribution in [3.63, 3.8) is 0 Å². The molecular weight excluding hydrogens is 532 g/mol. The summed E-state index contributed by atoms with van der Waals surface area (Å²) in [6, 6.07) is 56.7. The molecule has 208 valence electrons. The van der Waals surface area contributed by atoms with E-state index >= 15 is 0 Å². The highest BCUT2D eigenvalue weighted by Gasteiger charge is 2.18. The highest BCUT2D eigenvalue weighted by molar-refractivity contribution is 6.21. The minimum absolute atomic E-state index is 0.894. The number of aromatic nitrogens is 1. The van der Waals surface area contributed by atoms with Gasteiger partial charge in [0.25, 0.3) is 0 Å².